The average molecular weight is 431 g/mol. The molecule has 164 valence electrons. The summed E-state index contributed by atoms with van der Waals surface area (Å²) in [4.78, 5) is 27.8. The van der Waals surface area contributed by atoms with Crippen LogP contribution in [0.15, 0.2) is 78.9 Å². The number of benzene rings is 3. The van der Waals surface area contributed by atoms with E-state index in [-0.39, 0.29) is 11.8 Å². The van der Waals surface area contributed by atoms with Crippen molar-refractivity contribution in [2.75, 3.05) is 38.2 Å². The lowest BCUT2D eigenvalue weighted by molar-refractivity contribution is 0.0303. The fraction of sp³-hybridized carbons (Fsp3) is 0.231. The molecule has 6 nitrogen and oxygen atoms in total. The van der Waals surface area contributed by atoms with E-state index in [1.807, 2.05) is 36.4 Å². The highest BCUT2D eigenvalue weighted by Crippen LogP contribution is 2.23. The highest BCUT2D eigenvalue weighted by molar-refractivity contribution is 6.10. The monoisotopic (exact) mass is 430 g/mol. The number of carbonyl (C=O) groups excluding carboxylic acids is 2. The molecule has 1 aliphatic rings. The largest absolute Gasteiger partial charge is 0.492 e. The fourth-order valence-electron chi connectivity index (χ4n) is 3.61. The lowest BCUT2D eigenvalue weighted by Crippen LogP contribution is -2.41. The highest BCUT2D eigenvalue weighted by Gasteiger charge is 2.22. The van der Waals surface area contributed by atoms with E-state index in [1.54, 1.807) is 47.4 Å². The van der Waals surface area contributed by atoms with Crippen molar-refractivity contribution < 1.29 is 19.1 Å². The Labute approximate surface area is 187 Å². The van der Waals surface area contributed by atoms with Crippen molar-refractivity contribution in [1.29, 1.82) is 0 Å². The van der Waals surface area contributed by atoms with Gasteiger partial charge in [-0.25, -0.2) is 0 Å². The van der Waals surface area contributed by atoms with Crippen molar-refractivity contribution in [3.63, 3.8) is 0 Å². The number of nitrogens with one attached hydrogen (secondary N) is 1. The molecule has 1 saturated heterocycles. The Morgan fingerprint density at radius 1 is 0.844 bits per heavy atom. The zero-order valence-electron chi connectivity index (χ0n) is 17.8. The molecule has 0 radical (unpaired) electrons. The molecule has 0 atom stereocenters. The van der Waals surface area contributed by atoms with Crippen LogP contribution in [0, 0.1) is 0 Å². The van der Waals surface area contributed by atoms with E-state index in [1.165, 1.54) is 5.56 Å². The third kappa shape index (κ3) is 5.34. The molecule has 1 heterocycles. The minimum atomic E-state index is -0.317. The molecule has 0 aromatic heterocycles. The maximum Gasteiger partial charge on any atom is 0.259 e. The van der Waals surface area contributed by atoms with Crippen LogP contribution in [0.25, 0.3) is 0 Å². The molecule has 6 heteroatoms. The third-order valence-corrected chi connectivity index (χ3v) is 5.33. The molecule has 2 amide bonds. The Morgan fingerprint density at radius 2 is 1.50 bits per heavy atom. The predicted octanol–water partition coefficient (Wildman–Crippen LogP) is 4.03. The van der Waals surface area contributed by atoms with Gasteiger partial charge in [0.15, 0.2) is 0 Å². The van der Waals surface area contributed by atoms with Crippen LogP contribution >= 0.6 is 0 Å². The first-order chi connectivity index (χ1) is 15.7. The van der Waals surface area contributed by atoms with Crippen molar-refractivity contribution in [3.8, 4) is 5.75 Å². The van der Waals surface area contributed by atoms with E-state index in [4.69, 9.17) is 9.47 Å². The van der Waals surface area contributed by atoms with Crippen LogP contribution in [0.1, 0.15) is 26.3 Å². The number of morpholine rings is 1. The Balaban J connectivity index is 1.46. The zero-order valence-corrected chi connectivity index (χ0v) is 17.8. The molecule has 1 N–H and O–H groups in total. The molecule has 0 bridgehead atoms. The van der Waals surface area contributed by atoms with Gasteiger partial charge in [-0.15, -0.1) is 0 Å². The SMILES string of the molecule is O=C(Nc1ccccc1C(=O)N1CCOCC1)c1ccccc1OCCc1ccccc1. The number of para-hydroxylation sites is 2. The van der Waals surface area contributed by atoms with Crippen LogP contribution < -0.4 is 10.1 Å². The molecule has 3 aromatic rings. The summed E-state index contributed by atoms with van der Waals surface area (Å²) in [7, 11) is 0. The number of hydrogen-bond acceptors (Lipinski definition) is 4. The van der Waals surface area contributed by atoms with Crippen molar-refractivity contribution in [1.82, 2.24) is 4.90 Å². The van der Waals surface area contributed by atoms with Gasteiger partial charge in [0, 0.05) is 19.5 Å². The Hall–Kier alpha value is -3.64. The number of carbonyl (C=O) groups is 2. The molecule has 0 saturated carbocycles. The van der Waals surface area contributed by atoms with Gasteiger partial charge in [-0.05, 0) is 29.8 Å². The summed E-state index contributed by atoms with van der Waals surface area (Å²) in [5.41, 5.74) is 2.54. The molecule has 1 fully saturated rings. The van der Waals surface area contributed by atoms with Crippen LogP contribution in [-0.2, 0) is 11.2 Å². The second-order valence-corrected chi connectivity index (χ2v) is 7.48. The average Bonchev–Trinajstić information content (AvgIpc) is 2.85. The summed E-state index contributed by atoms with van der Waals surface area (Å²) < 4.78 is 11.3. The van der Waals surface area contributed by atoms with E-state index in [2.05, 4.69) is 5.32 Å². The van der Waals surface area contributed by atoms with Crippen LogP contribution in [0.5, 0.6) is 5.75 Å². The van der Waals surface area contributed by atoms with E-state index in [0.29, 0.717) is 55.5 Å². The maximum atomic E-state index is 13.1. The van der Waals surface area contributed by atoms with Gasteiger partial charge in [-0.2, -0.15) is 0 Å². The summed E-state index contributed by atoms with van der Waals surface area (Å²) in [6.07, 6.45) is 0.744. The van der Waals surface area contributed by atoms with E-state index >= 15 is 0 Å². The number of ether oxygens (including phenoxy) is 2. The molecule has 4 rings (SSSR count). The first-order valence-corrected chi connectivity index (χ1v) is 10.8. The minimum absolute atomic E-state index is 0.114. The van der Waals surface area contributed by atoms with Gasteiger partial charge in [0.25, 0.3) is 11.8 Å². The van der Waals surface area contributed by atoms with Gasteiger partial charge < -0.3 is 19.7 Å². The predicted molar refractivity (Wildman–Crippen MR) is 123 cm³/mol. The van der Waals surface area contributed by atoms with Crippen LogP contribution in [0.4, 0.5) is 5.69 Å². The first-order valence-electron chi connectivity index (χ1n) is 10.8. The normalized spacial score (nSPS) is 13.4. The maximum absolute atomic E-state index is 13.1. The molecule has 3 aromatic carbocycles. The number of rotatable bonds is 7. The number of amides is 2. The number of hydrogen-bond donors (Lipinski definition) is 1. The Kier molecular flexibility index (Phi) is 7.15. The van der Waals surface area contributed by atoms with Gasteiger partial charge in [-0.1, -0.05) is 54.6 Å². The van der Waals surface area contributed by atoms with E-state index < -0.39 is 0 Å². The summed E-state index contributed by atoms with van der Waals surface area (Å²) in [6.45, 7) is 2.58. The number of anilines is 1. The van der Waals surface area contributed by atoms with Gasteiger partial charge >= 0.3 is 0 Å². The van der Waals surface area contributed by atoms with Gasteiger partial charge in [0.05, 0.1) is 36.6 Å². The van der Waals surface area contributed by atoms with Crippen molar-refractivity contribution >= 4 is 17.5 Å². The van der Waals surface area contributed by atoms with Gasteiger partial charge in [-0.3, -0.25) is 9.59 Å². The van der Waals surface area contributed by atoms with E-state index in [9.17, 15) is 9.59 Å². The molecular formula is C26H26N2O4. The lowest BCUT2D eigenvalue weighted by atomic mass is 10.1. The second-order valence-electron chi connectivity index (χ2n) is 7.48. The Morgan fingerprint density at radius 3 is 2.28 bits per heavy atom. The van der Waals surface area contributed by atoms with Crippen molar-refractivity contribution in [2.24, 2.45) is 0 Å². The lowest BCUT2D eigenvalue weighted by Gasteiger charge is -2.27. The summed E-state index contributed by atoms with van der Waals surface area (Å²) in [5.74, 6) is 0.0806. The third-order valence-electron chi connectivity index (χ3n) is 5.33. The molecule has 1 aliphatic heterocycles. The van der Waals surface area contributed by atoms with Crippen LogP contribution in [0.2, 0.25) is 0 Å². The van der Waals surface area contributed by atoms with E-state index in [0.717, 1.165) is 6.42 Å². The van der Waals surface area contributed by atoms with Gasteiger partial charge in [0.2, 0.25) is 0 Å². The quantitative estimate of drug-likeness (QED) is 0.615. The molecule has 32 heavy (non-hydrogen) atoms. The minimum Gasteiger partial charge on any atom is -0.492 e. The zero-order chi connectivity index (χ0) is 22.2. The highest BCUT2D eigenvalue weighted by atomic mass is 16.5. The fourth-order valence-corrected chi connectivity index (χ4v) is 3.61. The molecule has 0 spiro atoms. The molecular weight excluding hydrogens is 404 g/mol. The van der Waals surface area contributed by atoms with Crippen molar-refractivity contribution in [2.45, 2.75) is 6.42 Å². The second kappa shape index (κ2) is 10.6. The van der Waals surface area contributed by atoms with Crippen LogP contribution in [0.3, 0.4) is 0 Å². The topological polar surface area (TPSA) is 67.9 Å². The van der Waals surface area contributed by atoms with Crippen LogP contribution in [-0.4, -0.2) is 49.6 Å². The van der Waals surface area contributed by atoms with Crippen molar-refractivity contribution in [3.05, 3.63) is 95.6 Å². The summed E-state index contributed by atoms with van der Waals surface area (Å²) >= 11 is 0. The first kappa shape index (κ1) is 21.6. The summed E-state index contributed by atoms with van der Waals surface area (Å²) in [5, 5.41) is 2.90. The standard InChI is InChI=1S/C26H26N2O4/c29-25(22-11-5-7-13-24(22)32-17-14-20-8-2-1-3-9-20)27-23-12-6-4-10-21(23)26(30)28-15-18-31-19-16-28/h1-13H,14-19H2,(H,27,29). The number of nitrogens with zero attached hydrogens (tertiary/aromatic N) is 1. The Bertz CT molecular complexity index is 1060. The smallest absolute Gasteiger partial charge is 0.259 e. The molecule has 0 aliphatic carbocycles. The van der Waals surface area contributed by atoms with Gasteiger partial charge in [0.1, 0.15) is 5.75 Å². The summed E-state index contributed by atoms with van der Waals surface area (Å²) in [6, 6.07) is 24.3. The molecule has 0 unspecified atom stereocenters.